The predicted octanol–water partition coefficient (Wildman–Crippen LogP) is 4.15. The molecule has 1 fully saturated rings. The Labute approximate surface area is 174 Å². The van der Waals surface area contributed by atoms with Crippen LogP contribution in [0.2, 0.25) is 0 Å². The van der Waals surface area contributed by atoms with Crippen molar-refractivity contribution in [3.8, 4) is 22.5 Å². The van der Waals surface area contributed by atoms with Gasteiger partial charge < -0.3 is 14.6 Å². The lowest BCUT2D eigenvalue weighted by molar-refractivity contribution is 0.0719. The van der Waals surface area contributed by atoms with Crippen molar-refractivity contribution in [3.63, 3.8) is 0 Å². The molecule has 0 aliphatic carbocycles. The molecule has 1 aliphatic rings. The van der Waals surface area contributed by atoms with Crippen LogP contribution in [0.15, 0.2) is 66.9 Å². The standard InChI is InChI=1S/C24H22N4O2/c1-30-19-10-11-28(15-19)24(29)21-9-5-8-20(26-21)18-12-17-13-22(27-23(17)25-14-18)16-6-3-2-4-7-16/h2-9,12-14,19H,10-11,15H2,1H3,(H,25,27). The lowest BCUT2D eigenvalue weighted by Crippen LogP contribution is -2.30. The quantitative estimate of drug-likeness (QED) is 0.561. The third-order valence-electron chi connectivity index (χ3n) is 5.58. The summed E-state index contributed by atoms with van der Waals surface area (Å²) in [5.74, 6) is -0.0570. The van der Waals surface area contributed by atoms with E-state index in [-0.39, 0.29) is 12.0 Å². The maximum absolute atomic E-state index is 12.9. The number of hydrogen-bond acceptors (Lipinski definition) is 4. The van der Waals surface area contributed by atoms with Crippen molar-refractivity contribution in [2.24, 2.45) is 0 Å². The first-order chi connectivity index (χ1) is 14.7. The van der Waals surface area contributed by atoms with Crippen LogP contribution in [0.3, 0.4) is 0 Å². The van der Waals surface area contributed by atoms with Gasteiger partial charge in [-0.05, 0) is 36.2 Å². The predicted molar refractivity (Wildman–Crippen MR) is 116 cm³/mol. The second-order valence-corrected chi connectivity index (χ2v) is 7.52. The molecule has 1 N–H and O–H groups in total. The van der Waals surface area contributed by atoms with E-state index >= 15 is 0 Å². The van der Waals surface area contributed by atoms with Crippen molar-refractivity contribution in [2.75, 3.05) is 20.2 Å². The van der Waals surface area contributed by atoms with Gasteiger partial charge in [-0.2, -0.15) is 0 Å². The van der Waals surface area contributed by atoms with Crippen LogP contribution in [-0.2, 0) is 4.74 Å². The Kier molecular flexibility index (Phi) is 4.77. The first kappa shape index (κ1) is 18.5. The Morgan fingerprint density at radius 2 is 1.97 bits per heavy atom. The highest BCUT2D eigenvalue weighted by atomic mass is 16.5. The maximum atomic E-state index is 12.9. The van der Waals surface area contributed by atoms with Gasteiger partial charge in [0, 0.05) is 43.0 Å². The van der Waals surface area contributed by atoms with Crippen molar-refractivity contribution in [1.29, 1.82) is 0 Å². The van der Waals surface area contributed by atoms with Crippen LogP contribution >= 0.6 is 0 Å². The molecule has 6 nitrogen and oxygen atoms in total. The molecule has 1 aromatic carbocycles. The summed E-state index contributed by atoms with van der Waals surface area (Å²) in [4.78, 5) is 27.2. The number of aromatic amines is 1. The number of benzene rings is 1. The minimum atomic E-state index is -0.0570. The van der Waals surface area contributed by atoms with Gasteiger partial charge in [-0.1, -0.05) is 36.4 Å². The first-order valence-electron chi connectivity index (χ1n) is 10.0. The molecule has 1 saturated heterocycles. The molecule has 3 aromatic heterocycles. The van der Waals surface area contributed by atoms with Crippen molar-refractivity contribution >= 4 is 16.9 Å². The van der Waals surface area contributed by atoms with Crippen LogP contribution in [0.5, 0.6) is 0 Å². The summed E-state index contributed by atoms with van der Waals surface area (Å²) in [6, 6.07) is 19.8. The summed E-state index contributed by atoms with van der Waals surface area (Å²) in [5.41, 5.74) is 5.03. The van der Waals surface area contributed by atoms with Gasteiger partial charge >= 0.3 is 0 Å². The topological polar surface area (TPSA) is 71.1 Å². The van der Waals surface area contributed by atoms with E-state index in [4.69, 9.17) is 4.74 Å². The zero-order valence-electron chi connectivity index (χ0n) is 16.7. The van der Waals surface area contributed by atoms with Gasteiger partial charge in [-0.25, -0.2) is 9.97 Å². The van der Waals surface area contributed by atoms with Gasteiger partial charge in [-0.3, -0.25) is 4.79 Å². The van der Waals surface area contributed by atoms with Gasteiger partial charge in [0.1, 0.15) is 11.3 Å². The number of rotatable bonds is 4. The number of aromatic nitrogens is 3. The zero-order valence-corrected chi connectivity index (χ0v) is 16.7. The molecule has 1 unspecified atom stereocenters. The molecule has 1 atom stereocenters. The van der Waals surface area contributed by atoms with Crippen molar-refractivity contribution in [1.82, 2.24) is 19.9 Å². The number of ether oxygens (including phenoxy) is 1. The number of pyridine rings is 2. The average molecular weight is 398 g/mol. The number of H-pyrrole nitrogens is 1. The summed E-state index contributed by atoms with van der Waals surface area (Å²) in [7, 11) is 1.69. The Hall–Kier alpha value is -3.51. The summed E-state index contributed by atoms with van der Waals surface area (Å²) in [5, 5.41) is 1.01. The number of hydrogen-bond donors (Lipinski definition) is 1. The van der Waals surface area contributed by atoms with Crippen LogP contribution in [0.4, 0.5) is 0 Å². The molecule has 5 rings (SSSR count). The summed E-state index contributed by atoms with van der Waals surface area (Å²) >= 11 is 0. The van der Waals surface area contributed by atoms with Crippen LogP contribution in [0.1, 0.15) is 16.9 Å². The van der Waals surface area contributed by atoms with E-state index in [0.29, 0.717) is 18.8 Å². The van der Waals surface area contributed by atoms with E-state index in [1.165, 1.54) is 0 Å². The first-order valence-corrected chi connectivity index (χ1v) is 10.0. The molecule has 4 heterocycles. The van der Waals surface area contributed by atoms with Crippen molar-refractivity contribution in [3.05, 3.63) is 72.6 Å². The number of nitrogens with one attached hydrogen (secondary N) is 1. The molecule has 1 aliphatic heterocycles. The maximum Gasteiger partial charge on any atom is 0.272 e. The Balaban J connectivity index is 1.44. The van der Waals surface area contributed by atoms with Crippen LogP contribution < -0.4 is 0 Å². The lowest BCUT2D eigenvalue weighted by atomic mass is 10.1. The fourth-order valence-corrected chi connectivity index (χ4v) is 3.91. The third-order valence-corrected chi connectivity index (χ3v) is 5.58. The van der Waals surface area contributed by atoms with Gasteiger partial charge in [0.25, 0.3) is 5.91 Å². The number of amides is 1. The molecule has 1 amide bonds. The number of carbonyl (C=O) groups is 1. The molecule has 0 spiro atoms. The van der Waals surface area contributed by atoms with Gasteiger partial charge in [0.05, 0.1) is 11.8 Å². The molecule has 0 saturated carbocycles. The molecule has 150 valence electrons. The van der Waals surface area contributed by atoms with E-state index in [2.05, 4.69) is 39.2 Å². The highest BCUT2D eigenvalue weighted by molar-refractivity contribution is 5.93. The van der Waals surface area contributed by atoms with Crippen LogP contribution in [0.25, 0.3) is 33.5 Å². The van der Waals surface area contributed by atoms with Gasteiger partial charge in [0.15, 0.2) is 0 Å². The summed E-state index contributed by atoms with van der Waals surface area (Å²) < 4.78 is 5.37. The fourth-order valence-electron chi connectivity index (χ4n) is 3.91. The van der Waals surface area contributed by atoms with Crippen molar-refractivity contribution < 1.29 is 9.53 Å². The number of methoxy groups -OCH3 is 1. The van der Waals surface area contributed by atoms with Crippen LogP contribution in [0, 0.1) is 0 Å². The van der Waals surface area contributed by atoms with E-state index in [1.54, 1.807) is 24.3 Å². The Bertz CT molecular complexity index is 1200. The summed E-state index contributed by atoms with van der Waals surface area (Å²) in [6.45, 7) is 1.31. The zero-order chi connectivity index (χ0) is 20.5. The molecule has 6 heteroatoms. The van der Waals surface area contributed by atoms with E-state index in [0.717, 1.165) is 40.0 Å². The second kappa shape index (κ2) is 7.72. The SMILES string of the molecule is COC1CCN(C(=O)c2cccc(-c3cnc4[nH]c(-c5ccccc5)cc4c3)n2)C1. The Morgan fingerprint density at radius 3 is 2.77 bits per heavy atom. The molecular weight excluding hydrogens is 376 g/mol. The van der Waals surface area contributed by atoms with E-state index in [1.807, 2.05) is 30.3 Å². The number of likely N-dealkylation sites (tertiary alicyclic amines) is 1. The van der Waals surface area contributed by atoms with E-state index in [9.17, 15) is 4.79 Å². The lowest BCUT2D eigenvalue weighted by Gasteiger charge is -2.16. The average Bonchev–Trinajstić information content (AvgIpc) is 3.46. The molecule has 4 aromatic rings. The largest absolute Gasteiger partial charge is 0.380 e. The molecular formula is C24H22N4O2. The minimum absolute atomic E-state index is 0.0570. The minimum Gasteiger partial charge on any atom is -0.380 e. The number of nitrogens with zero attached hydrogens (tertiary/aromatic N) is 3. The third kappa shape index (κ3) is 3.46. The Morgan fingerprint density at radius 1 is 1.10 bits per heavy atom. The highest BCUT2D eigenvalue weighted by Gasteiger charge is 2.27. The summed E-state index contributed by atoms with van der Waals surface area (Å²) in [6.07, 6.45) is 2.76. The normalized spacial score (nSPS) is 16.3. The van der Waals surface area contributed by atoms with Crippen LogP contribution in [-0.4, -0.2) is 52.1 Å². The van der Waals surface area contributed by atoms with Gasteiger partial charge in [0.2, 0.25) is 0 Å². The molecule has 0 bridgehead atoms. The number of fused-ring (bicyclic) bond motifs is 1. The molecule has 0 radical (unpaired) electrons. The second-order valence-electron chi connectivity index (χ2n) is 7.52. The monoisotopic (exact) mass is 398 g/mol. The van der Waals surface area contributed by atoms with Crippen molar-refractivity contribution in [2.45, 2.75) is 12.5 Å². The smallest absolute Gasteiger partial charge is 0.272 e. The van der Waals surface area contributed by atoms with Gasteiger partial charge in [-0.15, -0.1) is 0 Å². The number of carbonyl (C=O) groups excluding carboxylic acids is 1. The fraction of sp³-hybridized carbons (Fsp3) is 0.208. The highest BCUT2D eigenvalue weighted by Crippen LogP contribution is 2.26. The molecule has 30 heavy (non-hydrogen) atoms. The van der Waals surface area contributed by atoms with E-state index < -0.39 is 0 Å².